The Balaban J connectivity index is 2.20. The minimum atomic E-state index is 0.183. The van der Waals surface area contributed by atoms with Gasteiger partial charge in [-0.05, 0) is 18.2 Å². The van der Waals surface area contributed by atoms with Crippen LogP contribution in [0, 0.1) is 0 Å². The summed E-state index contributed by atoms with van der Waals surface area (Å²) in [6.45, 7) is 0.183. The Kier molecular flexibility index (Phi) is 3.86. The van der Waals surface area contributed by atoms with Gasteiger partial charge in [-0.2, -0.15) is 0 Å². The summed E-state index contributed by atoms with van der Waals surface area (Å²) in [5, 5.41) is 0. The number of rotatable bonds is 5. The summed E-state index contributed by atoms with van der Waals surface area (Å²) >= 11 is 0. The number of nitrogens with zero attached hydrogens (tertiary/aromatic N) is 2. The average molecular weight is 244 g/mol. The molecular formula is C13H12N2O3. The zero-order valence-electron chi connectivity index (χ0n) is 9.87. The summed E-state index contributed by atoms with van der Waals surface area (Å²) < 4.78 is 10.7. The Morgan fingerprint density at radius 1 is 1.22 bits per heavy atom. The number of para-hydroxylation sites is 1. The molecule has 18 heavy (non-hydrogen) atoms. The largest absolute Gasteiger partial charge is 0.493 e. The zero-order valence-corrected chi connectivity index (χ0v) is 9.87. The smallest absolute Gasteiger partial charge is 0.172 e. The van der Waals surface area contributed by atoms with Crippen molar-refractivity contribution in [3.05, 3.63) is 48.0 Å². The fourth-order valence-electron chi connectivity index (χ4n) is 1.48. The van der Waals surface area contributed by atoms with E-state index in [0.29, 0.717) is 22.9 Å². The molecule has 0 saturated carbocycles. The summed E-state index contributed by atoms with van der Waals surface area (Å²) in [5.74, 6) is 1.46. The molecule has 0 amide bonds. The number of aldehydes is 1. The summed E-state index contributed by atoms with van der Waals surface area (Å²) in [6.07, 6.45) is 3.99. The molecule has 0 N–H and O–H groups in total. The number of methoxy groups -OCH3 is 1. The Hall–Kier alpha value is -2.43. The zero-order chi connectivity index (χ0) is 12.8. The molecular weight excluding hydrogens is 232 g/mol. The van der Waals surface area contributed by atoms with Gasteiger partial charge in [0.1, 0.15) is 6.61 Å². The van der Waals surface area contributed by atoms with Gasteiger partial charge in [0, 0.05) is 12.4 Å². The van der Waals surface area contributed by atoms with Gasteiger partial charge in [0.05, 0.1) is 12.7 Å². The Morgan fingerprint density at radius 2 is 2.00 bits per heavy atom. The van der Waals surface area contributed by atoms with E-state index in [2.05, 4.69) is 9.97 Å². The SMILES string of the molecule is COc1cccc(C=O)c1OCc1ncccn1. The first-order valence-corrected chi connectivity index (χ1v) is 5.36. The highest BCUT2D eigenvalue weighted by Crippen LogP contribution is 2.30. The van der Waals surface area contributed by atoms with Crippen LogP contribution in [0.5, 0.6) is 11.5 Å². The minimum absolute atomic E-state index is 0.183. The second kappa shape index (κ2) is 5.77. The maximum atomic E-state index is 10.9. The average Bonchev–Trinajstić information content (AvgIpc) is 2.45. The van der Waals surface area contributed by atoms with E-state index in [4.69, 9.17) is 9.47 Å². The van der Waals surface area contributed by atoms with Crippen LogP contribution in [-0.2, 0) is 6.61 Å². The Labute approximate surface area is 104 Å². The van der Waals surface area contributed by atoms with Gasteiger partial charge in [0.15, 0.2) is 23.6 Å². The lowest BCUT2D eigenvalue weighted by molar-refractivity contribution is 0.111. The van der Waals surface area contributed by atoms with Crippen LogP contribution in [-0.4, -0.2) is 23.4 Å². The summed E-state index contributed by atoms with van der Waals surface area (Å²) in [5.41, 5.74) is 0.435. The van der Waals surface area contributed by atoms with Gasteiger partial charge in [0.2, 0.25) is 0 Å². The van der Waals surface area contributed by atoms with Crippen LogP contribution in [0.4, 0.5) is 0 Å². The minimum Gasteiger partial charge on any atom is -0.493 e. The van der Waals surface area contributed by atoms with Crippen LogP contribution in [0.1, 0.15) is 16.2 Å². The van der Waals surface area contributed by atoms with Crippen molar-refractivity contribution in [2.75, 3.05) is 7.11 Å². The standard InChI is InChI=1S/C13H12N2O3/c1-17-11-5-2-4-10(8-16)13(11)18-9-12-14-6-3-7-15-12/h2-8H,9H2,1H3. The number of ether oxygens (including phenoxy) is 2. The van der Waals surface area contributed by atoms with E-state index in [9.17, 15) is 4.79 Å². The van der Waals surface area contributed by atoms with Crippen molar-refractivity contribution < 1.29 is 14.3 Å². The molecule has 0 atom stereocenters. The molecule has 1 aromatic heterocycles. The van der Waals surface area contributed by atoms with Gasteiger partial charge in [-0.3, -0.25) is 4.79 Å². The van der Waals surface area contributed by atoms with E-state index in [1.807, 2.05) is 0 Å². The molecule has 2 rings (SSSR count). The van der Waals surface area contributed by atoms with Gasteiger partial charge in [-0.15, -0.1) is 0 Å². The fourth-order valence-corrected chi connectivity index (χ4v) is 1.48. The first-order chi connectivity index (χ1) is 8.85. The second-order valence-corrected chi connectivity index (χ2v) is 3.45. The quantitative estimate of drug-likeness (QED) is 0.751. The molecule has 1 heterocycles. The third-order valence-corrected chi connectivity index (χ3v) is 2.32. The van der Waals surface area contributed by atoms with Crippen molar-refractivity contribution in [1.29, 1.82) is 0 Å². The van der Waals surface area contributed by atoms with Crippen molar-refractivity contribution in [3.63, 3.8) is 0 Å². The van der Waals surface area contributed by atoms with Crippen molar-refractivity contribution in [3.8, 4) is 11.5 Å². The molecule has 0 aliphatic heterocycles. The third kappa shape index (κ3) is 2.63. The summed E-state index contributed by atoms with van der Waals surface area (Å²) in [4.78, 5) is 19.0. The maximum Gasteiger partial charge on any atom is 0.172 e. The van der Waals surface area contributed by atoms with Crippen molar-refractivity contribution >= 4 is 6.29 Å². The van der Waals surface area contributed by atoms with Gasteiger partial charge in [-0.1, -0.05) is 6.07 Å². The molecule has 2 aromatic rings. The topological polar surface area (TPSA) is 61.3 Å². The molecule has 0 aliphatic rings. The molecule has 0 radical (unpaired) electrons. The molecule has 5 heteroatoms. The van der Waals surface area contributed by atoms with Crippen LogP contribution >= 0.6 is 0 Å². The Morgan fingerprint density at radius 3 is 2.67 bits per heavy atom. The molecule has 0 unspecified atom stereocenters. The van der Waals surface area contributed by atoms with Crippen LogP contribution in [0.25, 0.3) is 0 Å². The van der Waals surface area contributed by atoms with Crippen LogP contribution in [0.15, 0.2) is 36.7 Å². The normalized spacial score (nSPS) is 9.83. The van der Waals surface area contributed by atoms with Crippen LogP contribution in [0.3, 0.4) is 0 Å². The molecule has 5 nitrogen and oxygen atoms in total. The van der Waals surface area contributed by atoms with Crippen LogP contribution in [0.2, 0.25) is 0 Å². The number of benzene rings is 1. The predicted molar refractivity (Wildman–Crippen MR) is 64.7 cm³/mol. The van der Waals surface area contributed by atoms with Gasteiger partial charge in [0.25, 0.3) is 0 Å². The lowest BCUT2D eigenvalue weighted by Gasteiger charge is -2.11. The summed E-state index contributed by atoms with van der Waals surface area (Å²) in [6, 6.07) is 6.85. The van der Waals surface area contributed by atoms with E-state index < -0.39 is 0 Å². The molecule has 0 fully saturated rings. The van der Waals surface area contributed by atoms with Crippen molar-refractivity contribution in [2.45, 2.75) is 6.61 Å². The highest BCUT2D eigenvalue weighted by Gasteiger charge is 2.10. The number of carbonyl (C=O) groups excluding carboxylic acids is 1. The first-order valence-electron chi connectivity index (χ1n) is 5.36. The van der Waals surface area contributed by atoms with E-state index >= 15 is 0 Å². The number of hydrogen-bond donors (Lipinski definition) is 0. The predicted octanol–water partition coefficient (Wildman–Crippen LogP) is 1.88. The lowest BCUT2D eigenvalue weighted by atomic mass is 10.2. The van der Waals surface area contributed by atoms with Gasteiger partial charge >= 0.3 is 0 Å². The third-order valence-electron chi connectivity index (χ3n) is 2.32. The molecule has 0 bridgehead atoms. The van der Waals surface area contributed by atoms with E-state index in [0.717, 1.165) is 6.29 Å². The number of aromatic nitrogens is 2. The van der Waals surface area contributed by atoms with E-state index in [1.165, 1.54) is 7.11 Å². The molecule has 0 aliphatic carbocycles. The fraction of sp³-hybridized carbons (Fsp3) is 0.154. The highest BCUT2D eigenvalue weighted by molar-refractivity contribution is 5.81. The van der Waals surface area contributed by atoms with Crippen molar-refractivity contribution in [1.82, 2.24) is 9.97 Å². The lowest BCUT2D eigenvalue weighted by Crippen LogP contribution is -2.03. The second-order valence-electron chi connectivity index (χ2n) is 3.45. The number of carbonyl (C=O) groups is 1. The monoisotopic (exact) mass is 244 g/mol. The Bertz CT molecular complexity index is 529. The summed E-state index contributed by atoms with van der Waals surface area (Å²) in [7, 11) is 1.52. The van der Waals surface area contributed by atoms with Crippen LogP contribution < -0.4 is 9.47 Å². The van der Waals surface area contributed by atoms with Crippen molar-refractivity contribution in [2.24, 2.45) is 0 Å². The van der Waals surface area contributed by atoms with Gasteiger partial charge in [-0.25, -0.2) is 9.97 Å². The number of hydrogen-bond acceptors (Lipinski definition) is 5. The van der Waals surface area contributed by atoms with E-state index in [1.54, 1.807) is 36.7 Å². The molecule has 0 saturated heterocycles. The molecule has 92 valence electrons. The highest BCUT2D eigenvalue weighted by atomic mass is 16.5. The molecule has 1 aromatic carbocycles. The maximum absolute atomic E-state index is 10.9. The van der Waals surface area contributed by atoms with E-state index in [-0.39, 0.29) is 6.61 Å². The first kappa shape index (κ1) is 12.0. The van der Waals surface area contributed by atoms with Gasteiger partial charge < -0.3 is 9.47 Å². The molecule has 0 spiro atoms.